The van der Waals surface area contributed by atoms with E-state index in [0.717, 1.165) is 19.3 Å². The molecule has 2 N–H and O–H groups in total. The van der Waals surface area contributed by atoms with E-state index in [2.05, 4.69) is 38.1 Å². The monoisotopic (exact) mass is 288 g/mol. The standard InChI is InChI=1S/C18H28N2O/c1-13-7-9-15(10-8-13)11-14(2)20(3)18(21)12-16-5-4-6-17(16)19/h7-10,14,16-17H,4-6,11-12,19H2,1-3H3/t14?,16-,17+/m0/s1. The molecule has 1 fully saturated rings. The fraction of sp³-hybridized carbons (Fsp3) is 0.611. The van der Waals surface area contributed by atoms with Crippen molar-refractivity contribution in [2.45, 2.75) is 58.0 Å². The molecule has 0 bridgehead atoms. The van der Waals surface area contributed by atoms with Crippen LogP contribution in [0.1, 0.15) is 43.7 Å². The number of nitrogens with zero attached hydrogens (tertiary/aromatic N) is 1. The van der Waals surface area contributed by atoms with Gasteiger partial charge in [-0.15, -0.1) is 0 Å². The molecular weight excluding hydrogens is 260 g/mol. The summed E-state index contributed by atoms with van der Waals surface area (Å²) in [6, 6.07) is 8.99. The van der Waals surface area contributed by atoms with Gasteiger partial charge >= 0.3 is 0 Å². The maximum Gasteiger partial charge on any atom is 0.222 e. The molecule has 1 aliphatic carbocycles. The van der Waals surface area contributed by atoms with Crippen LogP contribution < -0.4 is 5.73 Å². The lowest BCUT2D eigenvalue weighted by Gasteiger charge is -2.27. The van der Waals surface area contributed by atoms with Crippen molar-refractivity contribution in [1.29, 1.82) is 0 Å². The zero-order chi connectivity index (χ0) is 15.4. The maximum atomic E-state index is 12.4. The first-order valence-corrected chi connectivity index (χ1v) is 8.04. The van der Waals surface area contributed by atoms with Crippen LogP contribution in [0.3, 0.4) is 0 Å². The Kier molecular flexibility index (Phi) is 5.40. The second-order valence-corrected chi connectivity index (χ2v) is 6.60. The van der Waals surface area contributed by atoms with Crippen molar-refractivity contribution in [3.63, 3.8) is 0 Å². The average molecular weight is 288 g/mol. The van der Waals surface area contributed by atoms with Crippen molar-refractivity contribution >= 4 is 5.91 Å². The lowest BCUT2D eigenvalue weighted by Crippen LogP contribution is -2.39. The van der Waals surface area contributed by atoms with Crippen LogP contribution in [-0.2, 0) is 11.2 Å². The SMILES string of the molecule is Cc1ccc(CC(C)N(C)C(=O)C[C@@H]2CCC[C@H]2N)cc1. The highest BCUT2D eigenvalue weighted by Gasteiger charge is 2.28. The summed E-state index contributed by atoms with van der Waals surface area (Å²) < 4.78 is 0. The number of aryl methyl sites for hydroxylation is 1. The largest absolute Gasteiger partial charge is 0.343 e. The minimum atomic E-state index is 0.217. The van der Waals surface area contributed by atoms with E-state index < -0.39 is 0 Å². The number of benzene rings is 1. The van der Waals surface area contributed by atoms with Crippen LogP contribution in [0, 0.1) is 12.8 Å². The second kappa shape index (κ2) is 7.08. The van der Waals surface area contributed by atoms with Crippen molar-refractivity contribution in [3.05, 3.63) is 35.4 Å². The zero-order valence-corrected chi connectivity index (χ0v) is 13.5. The van der Waals surface area contributed by atoms with Crippen LogP contribution in [0.15, 0.2) is 24.3 Å². The zero-order valence-electron chi connectivity index (χ0n) is 13.5. The first-order valence-electron chi connectivity index (χ1n) is 8.04. The molecule has 21 heavy (non-hydrogen) atoms. The number of carbonyl (C=O) groups is 1. The van der Waals surface area contributed by atoms with Gasteiger partial charge < -0.3 is 10.6 Å². The van der Waals surface area contributed by atoms with E-state index >= 15 is 0 Å². The molecule has 1 saturated carbocycles. The van der Waals surface area contributed by atoms with Crippen molar-refractivity contribution in [2.75, 3.05) is 7.05 Å². The molecule has 0 aromatic heterocycles. The van der Waals surface area contributed by atoms with E-state index in [9.17, 15) is 4.79 Å². The van der Waals surface area contributed by atoms with Gasteiger partial charge in [-0.1, -0.05) is 36.2 Å². The number of likely N-dealkylation sites (N-methyl/N-ethyl adjacent to an activating group) is 1. The van der Waals surface area contributed by atoms with E-state index in [-0.39, 0.29) is 18.0 Å². The van der Waals surface area contributed by atoms with Crippen LogP contribution in [0.5, 0.6) is 0 Å². The Hall–Kier alpha value is -1.35. The Morgan fingerprint density at radius 1 is 1.33 bits per heavy atom. The maximum absolute atomic E-state index is 12.4. The Bertz CT molecular complexity index is 469. The van der Waals surface area contributed by atoms with Gasteiger partial charge in [-0.25, -0.2) is 0 Å². The minimum absolute atomic E-state index is 0.217. The molecular formula is C18H28N2O. The molecule has 1 aromatic carbocycles. The quantitative estimate of drug-likeness (QED) is 0.905. The summed E-state index contributed by atoms with van der Waals surface area (Å²) in [6.45, 7) is 4.21. The molecule has 1 aliphatic rings. The van der Waals surface area contributed by atoms with E-state index in [1.807, 2.05) is 11.9 Å². The van der Waals surface area contributed by atoms with Gasteiger partial charge in [0.15, 0.2) is 0 Å². The molecule has 0 heterocycles. The predicted molar refractivity (Wildman–Crippen MR) is 87.0 cm³/mol. The Labute approximate surface area is 128 Å². The van der Waals surface area contributed by atoms with E-state index in [0.29, 0.717) is 12.3 Å². The van der Waals surface area contributed by atoms with Gasteiger partial charge in [-0.05, 0) is 44.6 Å². The Morgan fingerprint density at radius 2 is 2.00 bits per heavy atom. The number of hydrogen-bond acceptors (Lipinski definition) is 2. The predicted octanol–water partition coefficient (Wildman–Crippen LogP) is 2.90. The number of hydrogen-bond donors (Lipinski definition) is 1. The van der Waals surface area contributed by atoms with Crippen molar-refractivity contribution in [1.82, 2.24) is 4.90 Å². The molecule has 1 aromatic rings. The van der Waals surface area contributed by atoms with Crippen molar-refractivity contribution in [2.24, 2.45) is 11.7 Å². The molecule has 3 nitrogen and oxygen atoms in total. The topological polar surface area (TPSA) is 46.3 Å². The van der Waals surface area contributed by atoms with Gasteiger partial charge in [0.2, 0.25) is 5.91 Å². The van der Waals surface area contributed by atoms with Crippen molar-refractivity contribution in [3.8, 4) is 0 Å². The molecule has 0 aliphatic heterocycles. The molecule has 2 rings (SSSR count). The number of nitrogens with two attached hydrogens (primary N) is 1. The molecule has 0 spiro atoms. The van der Waals surface area contributed by atoms with Gasteiger partial charge in [0.25, 0.3) is 0 Å². The van der Waals surface area contributed by atoms with Crippen molar-refractivity contribution < 1.29 is 4.79 Å². The fourth-order valence-corrected chi connectivity index (χ4v) is 3.14. The van der Waals surface area contributed by atoms with E-state index in [1.165, 1.54) is 17.5 Å². The van der Waals surface area contributed by atoms with Gasteiger partial charge in [-0.2, -0.15) is 0 Å². The highest BCUT2D eigenvalue weighted by Crippen LogP contribution is 2.27. The first-order chi connectivity index (χ1) is 9.97. The summed E-state index contributed by atoms with van der Waals surface area (Å²) in [5.41, 5.74) is 8.62. The lowest BCUT2D eigenvalue weighted by atomic mass is 9.98. The van der Waals surface area contributed by atoms with Gasteiger partial charge in [0, 0.05) is 25.6 Å². The minimum Gasteiger partial charge on any atom is -0.343 e. The third-order valence-electron chi connectivity index (χ3n) is 4.86. The lowest BCUT2D eigenvalue weighted by molar-refractivity contribution is -0.132. The smallest absolute Gasteiger partial charge is 0.222 e. The number of amides is 1. The van der Waals surface area contributed by atoms with Crippen LogP contribution in [0.25, 0.3) is 0 Å². The average Bonchev–Trinajstić information content (AvgIpc) is 2.86. The highest BCUT2D eigenvalue weighted by atomic mass is 16.2. The van der Waals surface area contributed by atoms with E-state index in [1.54, 1.807) is 0 Å². The fourth-order valence-electron chi connectivity index (χ4n) is 3.14. The Balaban J connectivity index is 1.87. The van der Waals surface area contributed by atoms with Crippen LogP contribution >= 0.6 is 0 Å². The highest BCUT2D eigenvalue weighted by molar-refractivity contribution is 5.76. The molecule has 3 heteroatoms. The van der Waals surface area contributed by atoms with Gasteiger partial charge in [-0.3, -0.25) is 4.79 Å². The molecule has 1 unspecified atom stereocenters. The number of carbonyl (C=O) groups excluding carboxylic acids is 1. The second-order valence-electron chi connectivity index (χ2n) is 6.60. The summed E-state index contributed by atoms with van der Waals surface area (Å²) in [6.07, 6.45) is 4.85. The number of rotatable bonds is 5. The first kappa shape index (κ1) is 16.0. The molecule has 0 saturated heterocycles. The van der Waals surface area contributed by atoms with E-state index in [4.69, 9.17) is 5.73 Å². The van der Waals surface area contributed by atoms with Gasteiger partial charge in [0.1, 0.15) is 0 Å². The normalized spacial score (nSPS) is 23.0. The summed E-state index contributed by atoms with van der Waals surface area (Å²) in [4.78, 5) is 14.3. The van der Waals surface area contributed by atoms with Crippen LogP contribution in [0.2, 0.25) is 0 Å². The molecule has 116 valence electrons. The molecule has 0 radical (unpaired) electrons. The summed E-state index contributed by atoms with van der Waals surface area (Å²) in [5, 5.41) is 0. The third-order valence-corrected chi connectivity index (χ3v) is 4.86. The molecule has 1 amide bonds. The molecule has 3 atom stereocenters. The summed E-state index contributed by atoms with van der Waals surface area (Å²) in [7, 11) is 1.92. The van der Waals surface area contributed by atoms with Gasteiger partial charge in [0.05, 0.1) is 0 Å². The Morgan fingerprint density at radius 3 is 2.57 bits per heavy atom. The van der Waals surface area contributed by atoms with Crippen LogP contribution in [0.4, 0.5) is 0 Å². The summed E-state index contributed by atoms with van der Waals surface area (Å²) >= 11 is 0. The van der Waals surface area contributed by atoms with Crippen LogP contribution in [-0.4, -0.2) is 29.9 Å². The summed E-state index contributed by atoms with van der Waals surface area (Å²) in [5.74, 6) is 0.614. The third kappa shape index (κ3) is 4.31.